The Labute approximate surface area is 67.4 Å². The summed E-state index contributed by atoms with van der Waals surface area (Å²) in [4.78, 5) is 3.84. The smallest absolute Gasteiger partial charge is 0.0981 e. The summed E-state index contributed by atoms with van der Waals surface area (Å²) >= 11 is 0. The third-order valence-corrected chi connectivity index (χ3v) is 1.21. The largest absolute Gasteiger partial charge is 0.382 e. The molecule has 0 rings (SSSR count). The summed E-state index contributed by atoms with van der Waals surface area (Å²) in [5.74, 6) is 0. The van der Waals surface area contributed by atoms with Gasteiger partial charge < -0.3 is 15.2 Å². The Balaban J connectivity index is 4.01. The molecule has 0 aromatic carbocycles. The van der Waals surface area contributed by atoms with Crippen LogP contribution in [0.15, 0.2) is 4.99 Å². The van der Waals surface area contributed by atoms with Gasteiger partial charge in [-0.15, -0.1) is 0 Å². The van der Waals surface area contributed by atoms with Crippen LogP contribution in [-0.4, -0.2) is 46.2 Å². The standard InChI is InChI=1S/C7H16N2O2/c1-9-4-7(8,5-10-2)6-11-3/h4H,5-6,8H2,1-3H3. The van der Waals surface area contributed by atoms with Crippen LogP contribution in [0.1, 0.15) is 0 Å². The molecule has 11 heavy (non-hydrogen) atoms. The van der Waals surface area contributed by atoms with E-state index in [4.69, 9.17) is 15.2 Å². The van der Waals surface area contributed by atoms with E-state index >= 15 is 0 Å². The second-order valence-corrected chi connectivity index (χ2v) is 2.49. The molecule has 0 saturated carbocycles. The Hall–Kier alpha value is -0.450. The normalized spacial score (nSPS) is 12.7. The number of ether oxygens (including phenoxy) is 2. The topological polar surface area (TPSA) is 56.8 Å². The average Bonchev–Trinajstić information content (AvgIpc) is 1.88. The SMILES string of the molecule is CN=CC(N)(COC)COC. The summed E-state index contributed by atoms with van der Waals surface area (Å²) < 4.78 is 9.83. The van der Waals surface area contributed by atoms with Crippen LogP contribution in [0.4, 0.5) is 0 Å². The van der Waals surface area contributed by atoms with Crippen LogP contribution in [0.2, 0.25) is 0 Å². The minimum atomic E-state index is -0.585. The fourth-order valence-electron chi connectivity index (χ4n) is 0.911. The first kappa shape index (κ1) is 10.6. The van der Waals surface area contributed by atoms with Crippen LogP contribution in [0.5, 0.6) is 0 Å². The zero-order chi connectivity index (χ0) is 8.74. The number of nitrogens with zero attached hydrogens (tertiary/aromatic N) is 1. The second-order valence-electron chi connectivity index (χ2n) is 2.49. The van der Waals surface area contributed by atoms with Gasteiger partial charge in [-0.1, -0.05) is 0 Å². The summed E-state index contributed by atoms with van der Waals surface area (Å²) in [6, 6.07) is 0. The lowest BCUT2D eigenvalue weighted by Crippen LogP contribution is -2.50. The number of methoxy groups -OCH3 is 2. The number of hydrogen-bond acceptors (Lipinski definition) is 4. The molecule has 0 aliphatic carbocycles. The van der Waals surface area contributed by atoms with Crippen molar-refractivity contribution in [1.29, 1.82) is 0 Å². The van der Waals surface area contributed by atoms with Gasteiger partial charge in [0.15, 0.2) is 0 Å². The number of aliphatic imine (C=N–C) groups is 1. The molecule has 0 saturated heterocycles. The van der Waals surface area contributed by atoms with Crippen LogP contribution < -0.4 is 5.73 Å². The van der Waals surface area contributed by atoms with Crippen molar-refractivity contribution >= 4 is 6.21 Å². The summed E-state index contributed by atoms with van der Waals surface area (Å²) in [7, 11) is 4.87. The van der Waals surface area contributed by atoms with Crippen molar-refractivity contribution in [3.05, 3.63) is 0 Å². The maximum atomic E-state index is 5.83. The van der Waals surface area contributed by atoms with Gasteiger partial charge in [-0.2, -0.15) is 0 Å². The molecule has 2 N–H and O–H groups in total. The quantitative estimate of drug-likeness (QED) is 0.561. The first-order valence-corrected chi connectivity index (χ1v) is 3.38. The Morgan fingerprint density at radius 3 is 2.09 bits per heavy atom. The lowest BCUT2D eigenvalue weighted by Gasteiger charge is -2.22. The number of hydrogen-bond donors (Lipinski definition) is 1. The highest BCUT2D eigenvalue weighted by Crippen LogP contribution is 1.97. The molecule has 0 bridgehead atoms. The minimum absolute atomic E-state index is 0.415. The van der Waals surface area contributed by atoms with Gasteiger partial charge in [0.25, 0.3) is 0 Å². The van der Waals surface area contributed by atoms with Gasteiger partial charge >= 0.3 is 0 Å². The molecule has 0 aliphatic heterocycles. The lowest BCUT2D eigenvalue weighted by atomic mass is 10.1. The molecule has 66 valence electrons. The Bertz CT molecular complexity index is 120. The molecule has 0 amide bonds. The molecule has 0 aromatic heterocycles. The van der Waals surface area contributed by atoms with E-state index in [0.717, 1.165) is 0 Å². The fraction of sp³-hybridized carbons (Fsp3) is 0.857. The van der Waals surface area contributed by atoms with Crippen molar-refractivity contribution in [2.24, 2.45) is 10.7 Å². The van der Waals surface area contributed by atoms with Crippen LogP contribution >= 0.6 is 0 Å². The van der Waals surface area contributed by atoms with E-state index in [2.05, 4.69) is 4.99 Å². The van der Waals surface area contributed by atoms with Gasteiger partial charge in [0, 0.05) is 27.5 Å². The Kier molecular flexibility index (Phi) is 5.02. The summed E-state index contributed by atoms with van der Waals surface area (Å²) in [5.41, 5.74) is 5.25. The van der Waals surface area contributed by atoms with Crippen molar-refractivity contribution in [1.82, 2.24) is 0 Å². The third kappa shape index (κ3) is 4.08. The molecule has 0 aromatic rings. The summed E-state index contributed by atoms with van der Waals surface area (Å²) in [6.45, 7) is 0.830. The van der Waals surface area contributed by atoms with Crippen molar-refractivity contribution in [3.63, 3.8) is 0 Å². The van der Waals surface area contributed by atoms with Gasteiger partial charge in [-0.3, -0.25) is 4.99 Å². The molecule has 0 radical (unpaired) electrons. The highest BCUT2D eigenvalue weighted by atomic mass is 16.5. The molecule has 0 heterocycles. The van der Waals surface area contributed by atoms with Crippen molar-refractivity contribution in [2.75, 3.05) is 34.5 Å². The van der Waals surface area contributed by atoms with Gasteiger partial charge in [0.1, 0.15) is 0 Å². The van der Waals surface area contributed by atoms with Crippen molar-refractivity contribution in [3.8, 4) is 0 Å². The maximum Gasteiger partial charge on any atom is 0.0981 e. The van der Waals surface area contributed by atoms with Crippen LogP contribution in [-0.2, 0) is 9.47 Å². The Morgan fingerprint density at radius 1 is 1.36 bits per heavy atom. The molecule has 0 fully saturated rings. The summed E-state index contributed by atoms with van der Waals surface area (Å²) in [5, 5.41) is 0. The molecule has 0 aliphatic rings. The van der Waals surface area contributed by atoms with E-state index in [9.17, 15) is 0 Å². The molecule has 0 atom stereocenters. The highest BCUT2D eigenvalue weighted by molar-refractivity contribution is 5.70. The minimum Gasteiger partial charge on any atom is -0.382 e. The van der Waals surface area contributed by atoms with Gasteiger partial charge in [-0.25, -0.2) is 0 Å². The number of nitrogens with two attached hydrogens (primary N) is 1. The van der Waals surface area contributed by atoms with Crippen molar-refractivity contribution < 1.29 is 9.47 Å². The first-order chi connectivity index (χ1) is 5.18. The van der Waals surface area contributed by atoms with Gasteiger partial charge in [-0.05, 0) is 0 Å². The second kappa shape index (κ2) is 5.23. The van der Waals surface area contributed by atoms with E-state index in [0.29, 0.717) is 13.2 Å². The van der Waals surface area contributed by atoms with E-state index < -0.39 is 5.54 Å². The van der Waals surface area contributed by atoms with Crippen molar-refractivity contribution in [2.45, 2.75) is 5.54 Å². The zero-order valence-corrected chi connectivity index (χ0v) is 7.33. The average molecular weight is 160 g/mol. The zero-order valence-electron chi connectivity index (χ0n) is 7.33. The molecule has 4 nitrogen and oxygen atoms in total. The summed E-state index contributed by atoms with van der Waals surface area (Å²) in [6.07, 6.45) is 1.64. The van der Waals surface area contributed by atoms with Gasteiger partial charge in [0.05, 0.1) is 18.8 Å². The predicted octanol–water partition coefficient (Wildman–Crippen LogP) is -0.323. The van der Waals surface area contributed by atoms with E-state index in [1.807, 2.05) is 0 Å². The van der Waals surface area contributed by atoms with Crippen LogP contribution in [0, 0.1) is 0 Å². The van der Waals surface area contributed by atoms with E-state index in [-0.39, 0.29) is 0 Å². The molecule has 4 heteroatoms. The predicted molar refractivity (Wildman–Crippen MR) is 45.1 cm³/mol. The monoisotopic (exact) mass is 160 g/mol. The molecule has 0 spiro atoms. The highest BCUT2D eigenvalue weighted by Gasteiger charge is 2.21. The fourth-order valence-corrected chi connectivity index (χ4v) is 0.911. The Morgan fingerprint density at radius 2 is 1.82 bits per heavy atom. The molecule has 0 unspecified atom stereocenters. The maximum absolute atomic E-state index is 5.83. The third-order valence-electron chi connectivity index (χ3n) is 1.21. The van der Waals surface area contributed by atoms with Crippen LogP contribution in [0.25, 0.3) is 0 Å². The van der Waals surface area contributed by atoms with Gasteiger partial charge in [0.2, 0.25) is 0 Å². The van der Waals surface area contributed by atoms with E-state index in [1.54, 1.807) is 27.5 Å². The first-order valence-electron chi connectivity index (χ1n) is 3.38. The van der Waals surface area contributed by atoms with Crippen LogP contribution in [0.3, 0.4) is 0 Å². The molecular formula is C7H16N2O2. The lowest BCUT2D eigenvalue weighted by molar-refractivity contribution is 0.0975. The number of rotatable bonds is 5. The molecular weight excluding hydrogens is 144 g/mol. The van der Waals surface area contributed by atoms with E-state index in [1.165, 1.54) is 0 Å².